The minimum atomic E-state index is -0.271. The van der Waals surface area contributed by atoms with Crippen LogP contribution in [0.5, 0.6) is 0 Å². The molecule has 0 aliphatic carbocycles. The van der Waals surface area contributed by atoms with Crippen molar-refractivity contribution >= 4 is 23.9 Å². The largest absolute Gasteiger partial charge is 0.465 e. The number of amides is 3. The highest BCUT2D eigenvalue weighted by Gasteiger charge is 2.24. The highest BCUT2D eigenvalue weighted by atomic mass is 16.5. The van der Waals surface area contributed by atoms with Gasteiger partial charge in [-0.1, -0.05) is 221 Å². The summed E-state index contributed by atoms with van der Waals surface area (Å²) in [6, 6.07) is -0.271. The topological polar surface area (TPSA) is 105 Å². The molecule has 2 atom stereocenters. The Morgan fingerprint density at radius 3 is 1.10 bits per heavy atom. The fourth-order valence-electron chi connectivity index (χ4n) is 9.72. The molecule has 0 bridgehead atoms. The van der Waals surface area contributed by atoms with Crippen molar-refractivity contribution in [1.82, 2.24) is 15.1 Å². The van der Waals surface area contributed by atoms with E-state index in [1.807, 2.05) is 6.92 Å². The average molecular weight is 963 g/mol. The third kappa shape index (κ3) is 38.6. The van der Waals surface area contributed by atoms with Gasteiger partial charge in [0.2, 0.25) is 5.91 Å². The van der Waals surface area contributed by atoms with Crippen LogP contribution in [0.2, 0.25) is 0 Å². The number of hydrogen-bond acceptors (Lipinski definition) is 7. The van der Waals surface area contributed by atoms with Gasteiger partial charge in [0.1, 0.15) is 0 Å². The quantitative estimate of drug-likeness (QED) is 0.0478. The fourth-order valence-corrected chi connectivity index (χ4v) is 9.72. The number of urea groups is 1. The van der Waals surface area contributed by atoms with Crippen LogP contribution in [0.1, 0.15) is 292 Å². The molecule has 0 heterocycles. The zero-order valence-electron chi connectivity index (χ0n) is 46.4. The van der Waals surface area contributed by atoms with E-state index in [0.717, 1.165) is 154 Å². The molecule has 9 nitrogen and oxygen atoms in total. The van der Waals surface area contributed by atoms with Crippen molar-refractivity contribution in [2.24, 2.45) is 17.8 Å². The number of carbonyl (C=O) groups is 4. The van der Waals surface area contributed by atoms with Gasteiger partial charge >= 0.3 is 18.0 Å². The molecule has 0 aromatic rings. The maximum Gasteiger partial charge on any atom is 0.324 e. The number of imide groups is 1. The van der Waals surface area contributed by atoms with Gasteiger partial charge in [-0.15, -0.1) is 0 Å². The molecule has 68 heavy (non-hydrogen) atoms. The number of hydrogen-bond donors (Lipinski definition) is 1. The standard InChI is InChI=1S/C59H115N3O6/c1-8-15-19-23-29-37-46-54(44-35-21-17-10-3)57(64)67-50-39-31-25-27-33-42-53(52-56(63)62(14-7)59(66)60-48-41-49-61(12-5)13-6)43-34-28-26-32-40-51-68-58(65)55(45-36-22-18-11-4)47-38-30-24-20-16-9-2/h53-55H,8-52H2,1-7H3,(H,60,66). The molecule has 0 aliphatic heterocycles. The van der Waals surface area contributed by atoms with Gasteiger partial charge in [-0.3, -0.25) is 19.3 Å². The van der Waals surface area contributed by atoms with Crippen LogP contribution in [0.25, 0.3) is 0 Å². The van der Waals surface area contributed by atoms with E-state index >= 15 is 0 Å². The molecule has 0 spiro atoms. The van der Waals surface area contributed by atoms with E-state index in [1.165, 1.54) is 108 Å². The first-order chi connectivity index (χ1) is 33.2. The molecule has 2 unspecified atom stereocenters. The lowest BCUT2D eigenvalue weighted by atomic mass is 9.91. The summed E-state index contributed by atoms with van der Waals surface area (Å²) in [6.07, 6.45) is 42.0. The normalized spacial score (nSPS) is 12.8. The van der Waals surface area contributed by atoms with Gasteiger partial charge in [-0.2, -0.15) is 0 Å². The molecule has 0 fully saturated rings. The van der Waals surface area contributed by atoms with E-state index in [0.29, 0.717) is 32.7 Å². The van der Waals surface area contributed by atoms with E-state index in [-0.39, 0.29) is 41.6 Å². The molecule has 402 valence electrons. The lowest BCUT2D eigenvalue weighted by Crippen LogP contribution is -2.44. The molecule has 0 aromatic carbocycles. The lowest BCUT2D eigenvalue weighted by molar-refractivity contribution is -0.150. The molecule has 9 heteroatoms. The number of unbranched alkanes of at least 4 members (excludes halogenated alkanes) is 24. The van der Waals surface area contributed by atoms with E-state index in [4.69, 9.17) is 9.47 Å². The first-order valence-corrected chi connectivity index (χ1v) is 29.9. The summed E-state index contributed by atoms with van der Waals surface area (Å²) >= 11 is 0. The molecule has 0 aliphatic rings. The van der Waals surface area contributed by atoms with E-state index in [1.54, 1.807) is 0 Å². The van der Waals surface area contributed by atoms with Gasteiger partial charge in [0, 0.05) is 19.5 Å². The number of nitrogens with zero attached hydrogens (tertiary/aromatic N) is 2. The smallest absolute Gasteiger partial charge is 0.324 e. The van der Waals surface area contributed by atoms with Gasteiger partial charge < -0.3 is 19.7 Å². The fraction of sp³-hybridized carbons (Fsp3) is 0.932. The Morgan fingerprint density at radius 2 is 0.735 bits per heavy atom. The molecule has 1 N–H and O–H groups in total. The molecule has 0 radical (unpaired) electrons. The van der Waals surface area contributed by atoms with Crippen LogP contribution in [0, 0.1) is 17.8 Å². The highest BCUT2D eigenvalue weighted by Crippen LogP contribution is 2.25. The Balaban J connectivity index is 5.04. The van der Waals surface area contributed by atoms with Crippen molar-refractivity contribution in [3.05, 3.63) is 0 Å². The summed E-state index contributed by atoms with van der Waals surface area (Å²) in [5.74, 6) is 0.333. The van der Waals surface area contributed by atoms with Crippen molar-refractivity contribution in [1.29, 1.82) is 0 Å². The number of nitrogens with one attached hydrogen (secondary N) is 1. The zero-order chi connectivity index (χ0) is 50.1. The highest BCUT2D eigenvalue weighted by molar-refractivity contribution is 5.94. The van der Waals surface area contributed by atoms with E-state index < -0.39 is 0 Å². The molecular weight excluding hydrogens is 847 g/mol. The summed E-state index contributed by atoms with van der Waals surface area (Å²) in [6.45, 7) is 20.1. The predicted octanol–water partition coefficient (Wildman–Crippen LogP) is 16.7. The van der Waals surface area contributed by atoms with E-state index in [9.17, 15) is 19.2 Å². The molecule has 0 saturated heterocycles. The van der Waals surface area contributed by atoms with Crippen molar-refractivity contribution in [3.8, 4) is 0 Å². The van der Waals surface area contributed by atoms with Crippen LogP contribution in [0.4, 0.5) is 4.79 Å². The second-order valence-corrected chi connectivity index (χ2v) is 20.5. The summed E-state index contributed by atoms with van der Waals surface area (Å²) in [5.41, 5.74) is 0. The summed E-state index contributed by atoms with van der Waals surface area (Å²) in [4.78, 5) is 56.8. The van der Waals surface area contributed by atoms with Gasteiger partial charge in [0.15, 0.2) is 0 Å². The summed E-state index contributed by atoms with van der Waals surface area (Å²) in [5, 5.41) is 3.01. The molecular formula is C59H115N3O6. The summed E-state index contributed by atoms with van der Waals surface area (Å²) < 4.78 is 11.7. The predicted molar refractivity (Wildman–Crippen MR) is 289 cm³/mol. The van der Waals surface area contributed by atoms with E-state index in [2.05, 4.69) is 51.8 Å². The van der Waals surface area contributed by atoms with Crippen molar-refractivity contribution in [3.63, 3.8) is 0 Å². The Hall–Kier alpha value is -2.16. The summed E-state index contributed by atoms with van der Waals surface area (Å²) in [7, 11) is 0. The van der Waals surface area contributed by atoms with Crippen LogP contribution in [0.3, 0.4) is 0 Å². The lowest BCUT2D eigenvalue weighted by Gasteiger charge is -2.24. The van der Waals surface area contributed by atoms with Gasteiger partial charge in [0.05, 0.1) is 25.0 Å². The number of esters is 2. The Labute approximate surface area is 422 Å². The minimum absolute atomic E-state index is 0.0242. The average Bonchev–Trinajstić information content (AvgIpc) is 3.33. The Kier molecular flexibility index (Phi) is 48.2. The first kappa shape index (κ1) is 65.8. The Morgan fingerprint density at radius 1 is 0.397 bits per heavy atom. The van der Waals surface area contributed by atoms with Crippen molar-refractivity contribution in [2.75, 3.05) is 45.9 Å². The first-order valence-electron chi connectivity index (χ1n) is 29.9. The number of carbonyl (C=O) groups excluding carboxylic acids is 4. The van der Waals surface area contributed by atoms with Gasteiger partial charge in [0.25, 0.3) is 0 Å². The number of ether oxygens (including phenoxy) is 2. The third-order valence-corrected chi connectivity index (χ3v) is 14.4. The number of rotatable bonds is 51. The second-order valence-electron chi connectivity index (χ2n) is 20.5. The maximum absolute atomic E-state index is 13.7. The molecule has 0 saturated carbocycles. The van der Waals surface area contributed by atoms with Crippen LogP contribution in [0.15, 0.2) is 0 Å². The van der Waals surface area contributed by atoms with Crippen LogP contribution in [-0.2, 0) is 23.9 Å². The van der Waals surface area contributed by atoms with Crippen LogP contribution < -0.4 is 5.32 Å². The molecule has 0 rings (SSSR count). The van der Waals surface area contributed by atoms with Crippen molar-refractivity contribution < 1.29 is 28.7 Å². The molecule has 3 amide bonds. The van der Waals surface area contributed by atoms with Gasteiger partial charge in [-0.05, 0) is 90.3 Å². The third-order valence-electron chi connectivity index (χ3n) is 14.4. The second kappa shape index (κ2) is 49.8. The monoisotopic (exact) mass is 962 g/mol. The minimum Gasteiger partial charge on any atom is -0.465 e. The SMILES string of the molecule is CCCCCCCCC(CCCCCC)C(=O)OCCCCCCCC(CCCCCCCOC(=O)C(CCCCCC)CCCCCCCC)CC(=O)N(CC)C(=O)NCCCN(CC)CC. The van der Waals surface area contributed by atoms with Crippen LogP contribution >= 0.6 is 0 Å². The van der Waals surface area contributed by atoms with Gasteiger partial charge in [-0.25, -0.2) is 4.79 Å². The van der Waals surface area contributed by atoms with Crippen molar-refractivity contribution in [2.45, 2.75) is 292 Å². The zero-order valence-corrected chi connectivity index (χ0v) is 46.4. The Bertz CT molecular complexity index is 1090. The van der Waals surface area contributed by atoms with Crippen LogP contribution in [-0.4, -0.2) is 79.6 Å². The maximum atomic E-state index is 13.7. The molecule has 0 aromatic heterocycles.